The molecule has 0 fully saturated rings. The van der Waals surface area contributed by atoms with Crippen LogP contribution in [0.2, 0.25) is 0 Å². The standard InChI is InChI=1S/C21H19N3O4/c25-19-11-10-17(22-24(19)16-7-2-1-3-8-16)21(27)28-14-20(26)23-13-12-15-6-4-5-9-18(15)23/h1-9H,10-14H2. The molecule has 4 rings (SSSR count). The molecule has 0 spiro atoms. The second kappa shape index (κ2) is 7.64. The fourth-order valence-electron chi connectivity index (χ4n) is 3.36. The molecule has 0 aromatic heterocycles. The Balaban J connectivity index is 1.41. The lowest BCUT2D eigenvalue weighted by molar-refractivity contribution is -0.141. The normalized spacial score (nSPS) is 15.9. The first kappa shape index (κ1) is 17.9. The van der Waals surface area contributed by atoms with Gasteiger partial charge in [0.25, 0.3) is 5.91 Å². The Bertz CT molecular complexity index is 955. The van der Waals surface area contributed by atoms with Gasteiger partial charge in [0.15, 0.2) is 6.61 Å². The first-order chi connectivity index (χ1) is 13.6. The first-order valence-electron chi connectivity index (χ1n) is 9.14. The van der Waals surface area contributed by atoms with E-state index in [4.69, 9.17) is 4.74 Å². The molecule has 0 atom stereocenters. The number of esters is 1. The van der Waals surface area contributed by atoms with Crippen LogP contribution in [0, 0.1) is 0 Å². The second-order valence-corrected chi connectivity index (χ2v) is 6.59. The monoisotopic (exact) mass is 377 g/mol. The highest BCUT2D eigenvalue weighted by atomic mass is 16.5. The molecule has 7 nitrogen and oxygen atoms in total. The summed E-state index contributed by atoms with van der Waals surface area (Å²) >= 11 is 0. The fourth-order valence-corrected chi connectivity index (χ4v) is 3.36. The first-order valence-corrected chi connectivity index (χ1v) is 9.14. The second-order valence-electron chi connectivity index (χ2n) is 6.59. The molecule has 2 aromatic carbocycles. The van der Waals surface area contributed by atoms with Crippen LogP contribution in [0.5, 0.6) is 0 Å². The molecule has 2 aromatic rings. The molecule has 28 heavy (non-hydrogen) atoms. The number of carbonyl (C=O) groups excluding carboxylic acids is 3. The van der Waals surface area contributed by atoms with Crippen LogP contribution < -0.4 is 9.91 Å². The highest BCUT2D eigenvalue weighted by Crippen LogP contribution is 2.27. The molecule has 2 aliphatic heterocycles. The van der Waals surface area contributed by atoms with Gasteiger partial charge >= 0.3 is 5.97 Å². The Morgan fingerprint density at radius 1 is 0.964 bits per heavy atom. The Kier molecular flexibility index (Phi) is 4.89. The van der Waals surface area contributed by atoms with E-state index in [-0.39, 0.29) is 37.0 Å². The lowest BCUT2D eigenvalue weighted by Crippen LogP contribution is -2.37. The van der Waals surface area contributed by atoms with Crippen LogP contribution in [0.15, 0.2) is 59.7 Å². The van der Waals surface area contributed by atoms with Crippen LogP contribution in [0.1, 0.15) is 18.4 Å². The maximum Gasteiger partial charge on any atom is 0.355 e. The Morgan fingerprint density at radius 3 is 2.54 bits per heavy atom. The molecule has 2 heterocycles. The van der Waals surface area contributed by atoms with E-state index in [0.29, 0.717) is 12.2 Å². The Labute approximate surface area is 162 Å². The van der Waals surface area contributed by atoms with E-state index >= 15 is 0 Å². The van der Waals surface area contributed by atoms with Crippen molar-refractivity contribution >= 4 is 34.9 Å². The van der Waals surface area contributed by atoms with E-state index in [0.717, 1.165) is 17.7 Å². The van der Waals surface area contributed by atoms with E-state index < -0.39 is 5.97 Å². The zero-order chi connectivity index (χ0) is 19.5. The molecular formula is C21H19N3O4. The number of amides is 2. The van der Waals surface area contributed by atoms with Crippen molar-refractivity contribution in [3.05, 3.63) is 60.2 Å². The van der Waals surface area contributed by atoms with Gasteiger partial charge in [0.1, 0.15) is 5.71 Å². The molecule has 0 radical (unpaired) electrons. The molecule has 0 unspecified atom stereocenters. The predicted molar refractivity (Wildman–Crippen MR) is 104 cm³/mol. The summed E-state index contributed by atoms with van der Waals surface area (Å²) in [6.07, 6.45) is 1.15. The van der Waals surface area contributed by atoms with E-state index in [9.17, 15) is 14.4 Å². The summed E-state index contributed by atoms with van der Waals surface area (Å²) in [5.41, 5.74) is 2.69. The van der Waals surface area contributed by atoms with Crippen molar-refractivity contribution < 1.29 is 19.1 Å². The van der Waals surface area contributed by atoms with Crippen LogP contribution in [-0.4, -0.2) is 36.6 Å². The molecule has 142 valence electrons. The molecule has 7 heteroatoms. The van der Waals surface area contributed by atoms with Crippen LogP contribution in [0.4, 0.5) is 11.4 Å². The topological polar surface area (TPSA) is 79.3 Å². The largest absolute Gasteiger partial charge is 0.451 e. The number of anilines is 2. The number of hydrogen-bond acceptors (Lipinski definition) is 5. The average Bonchev–Trinajstić information content (AvgIpc) is 3.17. The van der Waals surface area contributed by atoms with Crippen molar-refractivity contribution in [2.75, 3.05) is 23.1 Å². The molecule has 0 bridgehead atoms. The molecule has 2 aliphatic rings. The highest BCUT2D eigenvalue weighted by Gasteiger charge is 2.28. The quantitative estimate of drug-likeness (QED) is 0.766. The number of ether oxygens (including phenoxy) is 1. The van der Waals surface area contributed by atoms with E-state index in [1.165, 1.54) is 5.01 Å². The summed E-state index contributed by atoms with van der Waals surface area (Å²) in [6.45, 7) is 0.221. The Hall–Kier alpha value is -3.48. The number of carbonyl (C=O) groups is 3. The Morgan fingerprint density at radius 2 is 1.71 bits per heavy atom. The van der Waals surface area contributed by atoms with Gasteiger partial charge in [-0.05, 0) is 30.2 Å². The number of benzene rings is 2. The molecule has 2 amide bonds. The van der Waals surface area contributed by atoms with Crippen molar-refractivity contribution in [3.63, 3.8) is 0 Å². The van der Waals surface area contributed by atoms with Gasteiger partial charge in [-0.15, -0.1) is 0 Å². The minimum atomic E-state index is -0.672. The van der Waals surface area contributed by atoms with Crippen molar-refractivity contribution in [2.45, 2.75) is 19.3 Å². The number of fused-ring (bicyclic) bond motifs is 1. The maximum atomic E-state index is 12.5. The predicted octanol–water partition coefficient (Wildman–Crippen LogP) is 2.30. The van der Waals surface area contributed by atoms with E-state index in [1.54, 1.807) is 29.2 Å². The van der Waals surface area contributed by atoms with Crippen molar-refractivity contribution in [1.29, 1.82) is 0 Å². The van der Waals surface area contributed by atoms with Gasteiger partial charge in [-0.2, -0.15) is 5.10 Å². The van der Waals surface area contributed by atoms with Crippen molar-refractivity contribution in [3.8, 4) is 0 Å². The van der Waals surface area contributed by atoms with E-state index in [2.05, 4.69) is 5.10 Å². The SMILES string of the molecule is O=C(OCC(=O)N1CCc2ccccc21)C1=NN(c2ccccc2)C(=O)CC1. The summed E-state index contributed by atoms with van der Waals surface area (Å²) in [6, 6.07) is 16.6. The summed E-state index contributed by atoms with van der Waals surface area (Å²) in [4.78, 5) is 38.6. The fraction of sp³-hybridized carbons (Fsp3) is 0.238. The summed E-state index contributed by atoms with van der Waals surface area (Å²) in [7, 11) is 0. The van der Waals surface area contributed by atoms with Gasteiger partial charge in [0, 0.05) is 25.1 Å². The van der Waals surface area contributed by atoms with Crippen LogP contribution in [0.3, 0.4) is 0 Å². The number of nitrogens with zero attached hydrogens (tertiary/aromatic N) is 3. The minimum absolute atomic E-state index is 0.137. The van der Waals surface area contributed by atoms with E-state index in [1.807, 2.05) is 30.3 Å². The van der Waals surface area contributed by atoms with Gasteiger partial charge < -0.3 is 9.64 Å². The lowest BCUT2D eigenvalue weighted by Gasteiger charge is -2.23. The van der Waals surface area contributed by atoms with Gasteiger partial charge in [0.2, 0.25) is 5.91 Å². The maximum absolute atomic E-state index is 12.5. The number of rotatable bonds is 4. The van der Waals surface area contributed by atoms with Crippen molar-refractivity contribution in [1.82, 2.24) is 0 Å². The zero-order valence-electron chi connectivity index (χ0n) is 15.2. The highest BCUT2D eigenvalue weighted by molar-refractivity contribution is 6.38. The third-order valence-electron chi connectivity index (χ3n) is 4.78. The van der Waals surface area contributed by atoms with Gasteiger partial charge in [-0.25, -0.2) is 9.80 Å². The van der Waals surface area contributed by atoms with Crippen LogP contribution >= 0.6 is 0 Å². The van der Waals surface area contributed by atoms with Crippen molar-refractivity contribution in [2.24, 2.45) is 5.10 Å². The van der Waals surface area contributed by atoms with Gasteiger partial charge in [-0.3, -0.25) is 9.59 Å². The van der Waals surface area contributed by atoms with Gasteiger partial charge in [0.05, 0.1) is 5.69 Å². The molecule has 0 aliphatic carbocycles. The lowest BCUT2D eigenvalue weighted by atomic mass is 10.1. The number of hydrogen-bond donors (Lipinski definition) is 0. The molecule has 0 saturated heterocycles. The summed E-state index contributed by atoms with van der Waals surface area (Å²) in [5, 5.41) is 5.35. The molecular weight excluding hydrogens is 358 g/mol. The number of hydrazone groups is 1. The third-order valence-corrected chi connectivity index (χ3v) is 4.78. The third kappa shape index (κ3) is 3.51. The van der Waals surface area contributed by atoms with Crippen LogP contribution in [0.25, 0.3) is 0 Å². The van der Waals surface area contributed by atoms with Gasteiger partial charge in [-0.1, -0.05) is 36.4 Å². The molecule has 0 saturated carbocycles. The smallest absolute Gasteiger partial charge is 0.355 e. The summed E-state index contributed by atoms with van der Waals surface area (Å²) < 4.78 is 5.19. The zero-order valence-corrected chi connectivity index (χ0v) is 15.2. The minimum Gasteiger partial charge on any atom is -0.451 e. The number of para-hydroxylation sites is 2. The molecule has 0 N–H and O–H groups in total. The van der Waals surface area contributed by atoms with Crippen LogP contribution in [-0.2, 0) is 25.5 Å². The average molecular weight is 377 g/mol. The summed E-state index contributed by atoms with van der Waals surface area (Å²) in [5.74, 6) is -1.13.